The Morgan fingerprint density at radius 2 is 2.00 bits per heavy atom. The molecule has 1 amide bonds. The van der Waals surface area contributed by atoms with Gasteiger partial charge in [0, 0.05) is 40.0 Å². The molecule has 0 saturated carbocycles. The van der Waals surface area contributed by atoms with Gasteiger partial charge in [0.05, 0.1) is 12.1 Å². The number of likely N-dealkylation sites (tertiary alicyclic amines) is 2. The Morgan fingerprint density at radius 3 is 2.64 bits per heavy atom. The predicted molar refractivity (Wildman–Crippen MR) is 105 cm³/mol. The van der Waals surface area contributed by atoms with Crippen molar-refractivity contribution in [3.63, 3.8) is 0 Å². The van der Waals surface area contributed by atoms with Crippen molar-refractivity contribution in [2.24, 2.45) is 0 Å². The molecule has 0 bridgehead atoms. The minimum atomic E-state index is -0.789. The standard InChI is InChI=1S/C19H29N7O2/c1-14(27)25-11-8-19(28,13-25)12-24-9-6-15(7-10-24)18-21-20-16-4-5-17(23(2)3)22-26(16)18/h4-5,15,28H,6-13H2,1-3H3. The quantitative estimate of drug-likeness (QED) is 0.810. The number of hydrogen-bond acceptors (Lipinski definition) is 7. The van der Waals surface area contributed by atoms with Crippen molar-refractivity contribution in [1.82, 2.24) is 29.6 Å². The number of nitrogens with zero attached hydrogens (tertiary/aromatic N) is 7. The molecule has 1 N–H and O–H groups in total. The smallest absolute Gasteiger partial charge is 0.219 e. The number of hydrogen-bond donors (Lipinski definition) is 1. The first kappa shape index (κ1) is 19.1. The summed E-state index contributed by atoms with van der Waals surface area (Å²) >= 11 is 0. The Hall–Kier alpha value is -2.26. The van der Waals surface area contributed by atoms with Gasteiger partial charge in [-0.15, -0.1) is 15.3 Å². The van der Waals surface area contributed by atoms with Crippen LogP contribution in [0, 0.1) is 0 Å². The summed E-state index contributed by atoms with van der Waals surface area (Å²) in [5, 5.41) is 24.2. The first-order chi connectivity index (χ1) is 13.3. The van der Waals surface area contributed by atoms with Gasteiger partial charge in [-0.25, -0.2) is 0 Å². The van der Waals surface area contributed by atoms with Crippen molar-refractivity contribution in [3.05, 3.63) is 18.0 Å². The Kier molecular flexibility index (Phi) is 4.96. The van der Waals surface area contributed by atoms with Crippen LogP contribution < -0.4 is 4.90 Å². The molecule has 4 heterocycles. The van der Waals surface area contributed by atoms with Gasteiger partial charge in [-0.3, -0.25) is 4.79 Å². The summed E-state index contributed by atoms with van der Waals surface area (Å²) in [5.41, 5.74) is -0.0185. The molecule has 2 aromatic rings. The second-order valence-electron chi connectivity index (χ2n) is 8.38. The maximum absolute atomic E-state index is 11.6. The fraction of sp³-hybridized carbons (Fsp3) is 0.684. The van der Waals surface area contributed by atoms with E-state index in [9.17, 15) is 9.90 Å². The van der Waals surface area contributed by atoms with Crippen molar-refractivity contribution in [2.75, 3.05) is 51.7 Å². The summed E-state index contributed by atoms with van der Waals surface area (Å²) in [6.45, 7) is 5.07. The van der Waals surface area contributed by atoms with Gasteiger partial charge in [0.25, 0.3) is 0 Å². The highest BCUT2D eigenvalue weighted by Crippen LogP contribution is 2.30. The van der Waals surface area contributed by atoms with Gasteiger partial charge in [0.2, 0.25) is 5.91 Å². The fourth-order valence-corrected chi connectivity index (χ4v) is 4.31. The maximum Gasteiger partial charge on any atom is 0.219 e. The molecule has 9 heteroatoms. The zero-order valence-electron chi connectivity index (χ0n) is 16.9. The number of anilines is 1. The zero-order chi connectivity index (χ0) is 19.9. The van der Waals surface area contributed by atoms with Gasteiger partial charge in [0.1, 0.15) is 5.82 Å². The molecule has 2 saturated heterocycles. The third-order valence-electron chi connectivity index (χ3n) is 5.98. The van der Waals surface area contributed by atoms with E-state index >= 15 is 0 Å². The van der Waals surface area contributed by atoms with Crippen molar-refractivity contribution in [2.45, 2.75) is 37.7 Å². The number of aliphatic hydroxyl groups is 1. The van der Waals surface area contributed by atoms with E-state index in [1.54, 1.807) is 11.8 Å². The molecule has 4 rings (SSSR count). The van der Waals surface area contributed by atoms with Crippen LogP contribution >= 0.6 is 0 Å². The average Bonchev–Trinajstić information content (AvgIpc) is 3.26. The molecular weight excluding hydrogens is 358 g/mol. The Balaban J connectivity index is 1.40. The predicted octanol–water partition coefficient (Wildman–Crippen LogP) is 0.353. The van der Waals surface area contributed by atoms with Crippen LogP contribution in [-0.4, -0.2) is 93.0 Å². The van der Waals surface area contributed by atoms with Crippen LogP contribution in [0.1, 0.15) is 37.9 Å². The number of piperidine rings is 1. The third kappa shape index (κ3) is 3.68. The topological polar surface area (TPSA) is 90.1 Å². The Morgan fingerprint density at radius 1 is 1.25 bits per heavy atom. The van der Waals surface area contributed by atoms with E-state index < -0.39 is 5.60 Å². The lowest BCUT2D eigenvalue weighted by Crippen LogP contribution is -2.47. The minimum absolute atomic E-state index is 0.0397. The van der Waals surface area contributed by atoms with E-state index in [0.717, 1.165) is 43.2 Å². The van der Waals surface area contributed by atoms with Crippen LogP contribution in [0.25, 0.3) is 5.65 Å². The molecule has 0 aliphatic carbocycles. The highest BCUT2D eigenvalue weighted by Gasteiger charge is 2.39. The van der Waals surface area contributed by atoms with Crippen molar-refractivity contribution >= 4 is 17.4 Å². The van der Waals surface area contributed by atoms with Crippen LogP contribution in [0.5, 0.6) is 0 Å². The summed E-state index contributed by atoms with van der Waals surface area (Å²) in [6.07, 6.45) is 2.57. The van der Waals surface area contributed by atoms with Crippen molar-refractivity contribution in [3.8, 4) is 0 Å². The van der Waals surface area contributed by atoms with Crippen LogP contribution in [0.2, 0.25) is 0 Å². The van der Waals surface area contributed by atoms with E-state index in [0.29, 0.717) is 32.0 Å². The number of fused-ring (bicyclic) bond motifs is 1. The third-order valence-corrected chi connectivity index (χ3v) is 5.98. The summed E-state index contributed by atoms with van der Waals surface area (Å²) in [5.74, 6) is 2.14. The molecule has 0 spiro atoms. The molecule has 9 nitrogen and oxygen atoms in total. The second-order valence-corrected chi connectivity index (χ2v) is 8.38. The second kappa shape index (κ2) is 7.29. The first-order valence-corrected chi connectivity index (χ1v) is 9.95. The lowest BCUT2D eigenvalue weighted by Gasteiger charge is -2.36. The van der Waals surface area contributed by atoms with Crippen molar-refractivity contribution < 1.29 is 9.90 Å². The van der Waals surface area contributed by atoms with E-state index in [2.05, 4.69) is 20.2 Å². The molecule has 2 aromatic heterocycles. The molecular formula is C19H29N7O2. The maximum atomic E-state index is 11.6. The molecule has 0 radical (unpaired) electrons. The Bertz CT molecular complexity index is 859. The summed E-state index contributed by atoms with van der Waals surface area (Å²) in [7, 11) is 3.94. The molecule has 2 fully saturated rings. The largest absolute Gasteiger partial charge is 0.387 e. The van der Waals surface area contributed by atoms with Crippen LogP contribution in [0.15, 0.2) is 12.1 Å². The highest BCUT2D eigenvalue weighted by molar-refractivity contribution is 5.73. The molecule has 152 valence electrons. The van der Waals surface area contributed by atoms with Gasteiger partial charge in [-0.05, 0) is 44.5 Å². The normalized spacial score (nSPS) is 24.2. The van der Waals surface area contributed by atoms with E-state index in [4.69, 9.17) is 0 Å². The molecule has 1 atom stereocenters. The number of aromatic nitrogens is 4. The number of amides is 1. The fourth-order valence-electron chi connectivity index (χ4n) is 4.31. The van der Waals surface area contributed by atoms with E-state index in [-0.39, 0.29) is 5.91 Å². The monoisotopic (exact) mass is 387 g/mol. The van der Waals surface area contributed by atoms with Gasteiger partial charge in [-0.2, -0.15) is 4.52 Å². The highest BCUT2D eigenvalue weighted by atomic mass is 16.3. The van der Waals surface area contributed by atoms with Gasteiger partial charge in [0.15, 0.2) is 11.5 Å². The first-order valence-electron chi connectivity index (χ1n) is 9.95. The number of carbonyl (C=O) groups excluding carboxylic acids is 1. The van der Waals surface area contributed by atoms with Crippen molar-refractivity contribution in [1.29, 1.82) is 0 Å². The average molecular weight is 387 g/mol. The lowest BCUT2D eigenvalue weighted by molar-refractivity contribution is -0.129. The van der Waals surface area contributed by atoms with Gasteiger partial charge >= 0.3 is 0 Å². The van der Waals surface area contributed by atoms with E-state index in [1.807, 2.05) is 35.6 Å². The number of carbonyl (C=O) groups is 1. The molecule has 2 aliphatic heterocycles. The minimum Gasteiger partial charge on any atom is -0.387 e. The van der Waals surface area contributed by atoms with Crippen LogP contribution in [-0.2, 0) is 4.79 Å². The van der Waals surface area contributed by atoms with Crippen LogP contribution in [0.4, 0.5) is 5.82 Å². The van der Waals surface area contributed by atoms with Gasteiger partial charge in [-0.1, -0.05) is 0 Å². The summed E-state index contributed by atoms with van der Waals surface area (Å²) < 4.78 is 1.87. The molecule has 0 aromatic carbocycles. The molecule has 1 unspecified atom stereocenters. The van der Waals surface area contributed by atoms with Gasteiger partial charge < -0.3 is 19.8 Å². The van der Waals surface area contributed by atoms with Crippen LogP contribution in [0.3, 0.4) is 0 Å². The molecule has 2 aliphatic rings. The summed E-state index contributed by atoms with van der Waals surface area (Å²) in [6, 6.07) is 3.90. The molecule has 28 heavy (non-hydrogen) atoms. The number of rotatable bonds is 4. The lowest BCUT2D eigenvalue weighted by atomic mass is 9.94. The summed E-state index contributed by atoms with van der Waals surface area (Å²) in [4.78, 5) is 17.6. The number of β-amino-alcohol motifs (C(OH)–C–C–N with tert-alkyl or cyclic N) is 1. The zero-order valence-corrected chi connectivity index (χ0v) is 16.9. The SMILES string of the molecule is CC(=O)N1CCC(O)(CN2CCC(c3nnc4ccc(N(C)C)nn34)CC2)C1. The van der Waals surface area contributed by atoms with E-state index in [1.165, 1.54) is 0 Å². The Labute approximate surface area is 164 Å².